The van der Waals surface area contributed by atoms with Gasteiger partial charge in [0.05, 0.1) is 5.92 Å². The molecule has 0 radical (unpaired) electrons. The highest BCUT2D eigenvalue weighted by atomic mass is 16.4. The monoisotopic (exact) mass is 248 g/mol. The number of nitrogens with zero attached hydrogens (tertiary/aromatic N) is 1. The minimum Gasteiger partial charge on any atom is -0.481 e. The summed E-state index contributed by atoms with van der Waals surface area (Å²) in [7, 11) is 0. The van der Waals surface area contributed by atoms with E-state index in [0.29, 0.717) is 6.54 Å². The van der Waals surface area contributed by atoms with Crippen LogP contribution in [-0.2, 0) is 16.1 Å². The lowest BCUT2D eigenvalue weighted by molar-refractivity contribution is -0.141. The van der Waals surface area contributed by atoms with Crippen molar-refractivity contribution >= 4 is 17.6 Å². The summed E-state index contributed by atoms with van der Waals surface area (Å²) in [6.07, 6.45) is 0.0768. The molecule has 96 valence electrons. The van der Waals surface area contributed by atoms with Gasteiger partial charge in [-0.15, -0.1) is 0 Å². The van der Waals surface area contributed by atoms with Crippen LogP contribution in [0, 0.1) is 12.8 Å². The number of rotatable bonds is 3. The van der Waals surface area contributed by atoms with E-state index < -0.39 is 11.9 Å². The van der Waals surface area contributed by atoms with E-state index in [1.165, 1.54) is 0 Å². The fourth-order valence-electron chi connectivity index (χ4n) is 2.25. The SMILES string of the molecule is Cc1cc(CN)ccc1N1CC(C(=O)O)CC1=O. The van der Waals surface area contributed by atoms with Gasteiger partial charge in [-0.05, 0) is 24.1 Å². The molecule has 1 aliphatic rings. The van der Waals surface area contributed by atoms with Gasteiger partial charge < -0.3 is 15.7 Å². The predicted molar refractivity (Wildman–Crippen MR) is 67.2 cm³/mol. The second-order valence-electron chi connectivity index (χ2n) is 4.57. The van der Waals surface area contributed by atoms with Gasteiger partial charge in [-0.3, -0.25) is 9.59 Å². The van der Waals surface area contributed by atoms with Crippen LogP contribution < -0.4 is 10.6 Å². The van der Waals surface area contributed by atoms with Crippen LogP contribution in [0.2, 0.25) is 0 Å². The quantitative estimate of drug-likeness (QED) is 0.832. The van der Waals surface area contributed by atoms with Crippen molar-refractivity contribution < 1.29 is 14.7 Å². The zero-order valence-corrected chi connectivity index (χ0v) is 10.2. The number of carbonyl (C=O) groups excluding carboxylic acids is 1. The van der Waals surface area contributed by atoms with Crippen LogP contribution in [0.1, 0.15) is 17.5 Å². The topological polar surface area (TPSA) is 83.6 Å². The predicted octanol–water partition coefficient (Wildman–Crippen LogP) is 0.891. The van der Waals surface area contributed by atoms with E-state index in [1.807, 2.05) is 25.1 Å². The van der Waals surface area contributed by atoms with E-state index in [9.17, 15) is 9.59 Å². The van der Waals surface area contributed by atoms with Crippen molar-refractivity contribution in [2.75, 3.05) is 11.4 Å². The van der Waals surface area contributed by atoms with Crippen molar-refractivity contribution in [3.8, 4) is 0 Å². The molecule has 1 amide bonds. The first kappa shape index (κ1) is 12.6. The van der Waals surface area contributed by atoms with Crippen molar-refractivity contribution in [2.45, 2.75) is 19.9 Å². The molecule has 0 aliphatic carbocycles. The molecule has 1 unspecified atom stereocenters. The summed E-state index contributed by atoms with van der Waals surface area (Å²) < 4.78 is 0. The molecule has 3 N–H and O–H groups in total. The molecule has 1 aliphatic heterocycles. The summed E-state index contributed by atoms with van der Waals surface area (Å²) in [5.74, 6) is -1.65. The molecule has 1 atom stereocenters. The highest BCUT2D eigenvalue weighted by molar-refractivity contribution is 5.99. The maximum atomic E-state index is 11.8. The highest BCUT2D eigenvalue weighted by Gasteiger charge is 2.35. The second-order valence-corrected chi connectivity index (χ2v) is 4.57. The van der Waals surface area contributed by atoms with Gasteiger partial charge in [0.1, 0.15) is 0 Å². The van der Waals surface area contributed by atoms with E-state index in [-0.39, 0.29) is 18.9 Å². The van der Waals surface area contributed by atoms with Crippen molar-refractivity contribution in [3.05, 3.63) is 29.3 Å². The van der Waals surface area contributed by atoms with Crippen molar-refractivity contribution in [3.63, 3.8) is 0 Å². The first-order valence-electron chi connectivity index (χ1n) is 5.85. The third kappa shape index (κ3) is 2.22. The molecule has 1 saturated heterocycles. The lowest BCUT2D eigenvalue weighted by Gasteiger charge is -2.19. The number of amides is 1. The van der Waals surface area contributed by atoms with Gasteiger partial charge >= 0.3 is 5.97 Å². The normalized spacial score (nSPS) is 19.3. The van der Waals surface area contributed by atoms with Crippen LogP contribution in [-0.4, -0.2) is 23.5 Å². The number of carboxylic acids is 1. The Labute approximate surface area is 105 Å². The number of aliphatic carboxylic acids is 1. The lowest BCUT2D eigenvalue weighted by Crippen LogP contribution is -2.26. The Kier molecular flexibility index (Phi) is 3.34. The Balaban J connectivity index is 2.27. The Morgan fingerprint density at radius 3 is 2.78 bits per heavy atom. The Bertz CT molecular complexity index is 499. The minimum atomic E-state index is -0.915. The average molecular weight is 248 g/mol. The summed E-state index contributed by atoms with van der Waals surface area (Å²) >= 11 is 0. The molecule has 1 aromatic rings. The van der Waals surface area contributed by atoms with Gasteiger partial charge in [0.25, 0.3) is 0 Å². The number of aryl methyl sites for hydroxylation is 1. The van der Waals surface area contributed by atoms with E-state index in [1.54, 1.807) is 4.90 Å². The third-order valence-corrected chi connectivity index (χ3v) is 3.26. The number of hydrogen-bond acceptors (Lipinski definition) is 3. The van der Waals surface area contributed by atoms with Crippen LogP contribution in [0.4, 0.5) is 5.69 Å². The van der Waals surface area contributed by atoms with Crippen molar-refractivity contribution in [1.29, 1.82) is 0 Å². The van der Waals surface area contributed by atoms with E-state index >= 15 is 0 Å². The van der Waals surface area contributed by atoms with Gasteiger partial charge in [0, 0.05) is 25.2 Å². The molecular weight excluding hydrogens is 232 g/mol. The molecule has 5 heteroatoms. The van der Waals surface area contributed by atoms with Crippen LogP contribution in [0.5, 0.6) is 0 Å². The fourth-order valence-corrected chi connectivity index (χ4v) is 2.25. The third-order valence-electron chi connectivity index (χ3n) is 3.26. The van der Waals surface area contributed by atoms with Crippen LogP contribution in [0.15, 0.2) is 18.2 Å². The largest absolute Gasteiger partial charge is 0.481 e. The van der Waals surface area contributed by atoms with Crippen LogP contribution in [0.3, 0.4) is 0 Å². The molecule has 2 rings (SSSR count). The minimum absolute atomic E-state index is 0.0768. The maximum absolute atomic E-state index is 11.8. The summed E-state index contributed by atoms with van der Waals surface area (Å²) in [4.78, 5) is 24.3. The summed E-state index contributed by atoms with van der Waals surface area (Å²) in [6.45, 7) is 2.60. The number of nitrogens with two attached hydrogens (primary N) is 1. The van der Waals surface area contributed by atoms with E-state index in [0.717, 1.165) is 16.8 Å². The van der Waals surface area contributed by atoms with E-state index in [2.05, 4.69) is 0 Å². The zero-order chi connectivity index (χ0) is 13.3. The van der Waals surface area contributed by atoms with Gasteiger partial charge in [0.2, 0.25) is 5.91 Å². The van der Waals surface area contributed by atoms with Crippen LogP contribution in [0.25, 0.3) is 0 Å². The first-order valence-corrected chi connectivity index (χ1v) is 5.85. The Hall–Kier alpha value is -1.88. The molecule has 1 aromatic carbocycles. The summed E-state index contributed by atoms with van der Waals surface area (Å²) in [6, 6.07) is 5.63. The molecule has 5 nitrogen and oxygen atoms in total. The van der Waals surface area contributed by atoms with E-state index in [4.69, 9.17) is 10.8 Å². The number of carbonyl (C=O) groups is 2. The molecule has 0 aromatic heterocycles. The number of carboxylic acid groups (broad SMARTS) is 1. The second kappa shape index (κ2) is 4.78. The van der Waals surface area contributed by atoms with Crippen molar-refractivity contribution in [1.82, 2.24) is 0 Å². The molecular formula is C13H16N2O3. The lowest BCUT2D eigenvalue weighted by atomic mass is 10.1. The average Bonchev–Trinajstić information content (AvgIpc) is 2.71. The zero-order valence-electron chi connectivity index (χ0n) is 10.2. The molecule has 1 fully saturated rings. The van der Waals surface area contributed by atoms with Gasteiger partial charge in [-0.1, -0.05) is 12.1 Å². The van der Waals surface area contributed by atoms with Crippen molar-refractivity contribution in [2.24, 2.45) is 11.7 Å². The standard InChI is InChI=1S/C13H16N2O3/c1-8-4-9(6-14)2-3-11(8)15-7-10(13(17)18)5-12(15)16/h2-4,10H,5-7,14H2,1H3,(H,17,18). The number of anilines is 1. The highest BCUT2D eigenvalue weighted by Crippen LogP contribution is 2.28. The number of benzene rings is 1. The van der Waals surface area contributed by atoms with Crippen LogP contribution >= 0.6 is 0 Å². The molecule has 18 heavy (non-hydrogen) atoms. The Morgan fingerprint density at radius 2 is 2.28 bits per heavy atom. The molecule has 1 heterocycles. The Morgan fingerprint density at radius 1 is 1.56 bits per heavy atom. The first-order chi connectivity index (χ1) is 8.52. The fraction of sp³-hybridized carbons (Fsp3) is 0.385. The van der Waals surface area contributed by atoms with Gasteiger partial charge in [-0.2, -0.15) is 0 Å². The summed E-state index contributed by atoms with van der Waals surface area (Å²) in [5.41, 5.74) is 8.27. The maximum Gasteiger partial charge on any atom is 0.308 e. The smallest absolute Gasteiger partial charge is 0.308 e. The van der Waals surface area contributed by atoms with Gasteiger partial charge in [0.15, 0.2) is 0 Å². The summed E-state index contributed by atoms with van der Waals surface area (Å²) in [5, 5.41) is 8.95. The number of hydrogen-bond donors (Lipinski definition) is 2. The molecule has 0 spiro atoms. The van der Waals surface area contributed by atoms with Gasteiger partial charge in [-0.25, -0.2) is 0 Å². The molecule has 0 saturated carbocycles. The molecule has 0 bridgehead atoms.